The molecule has 1 N–H and O–H groups in total. The van der Waals surface area contributed by atoms with Gasteiger partial charge in [-0.1, -0.05) is 82.3 Å². The number of hydrogen-bond donors (Lipinski definition) is 1. The van der Waals surface area contributed by atoms with E-state index in [2.05, 4.69) is 60.7 Å². The molecule has 0 heterocycles. The van der Waals surface area contributed by atoms with Crippen LogP contribution in [0.1, 0.15) is 18.1 Å². The third kappa shape index (κ3) is 7.98. The third-order valence-electron chi connectivity index (χ3n) is 2.22. The van der Waals surface area contributed by atoms with Crippen molar-refractivity contribution in [1.82, 2.24) is 0 Å². The van der Waals surface area contributed by atoms with E-state index in [-0.39, 0.29) is 6.61 Å². The average molecular weight is 292 g/mol. The molecule has 0 saturated carbocycles. The highest BCUT2D eigenvalue weighted by Crippen LogP contribution is 2.29. The van der Waals surface area contributed by atoms with Crippen LogP contribution in [0, 0.1) is 0 Å². The molecule has 0 saturated heterocycles. The minimum atomic E-state index is 0.250. The van der Waals surface area contributed by atoms with E-state index < -0.39 is 0 Å². The number of hydrogen-bond acceptors (Lipinski definition) is 3. The van der Waals surface area contributed by atoms with E-state index in [0.29, 0.717) is 0 Å². The fourth-order valence-corrected chi connectivity index (χ4v) is 3.51. The first-order chi connectivity index (χ1) is 9.36. The summed E-state index contributed by atoms with van der Waals surface area (Å²) in [6, 6.07) is 21.2. The molecule has 102 valence electrons. The first-order valence-electron chi connectivity index (χ1n) is 6.30. The zero-order chi connectivity index (χ0) is 13.8. The second-order valence-electron chi connectivity index (χ2n) is 3.81. The maximum Gasteiger partial charge on any atom is 0.0402 e. The van der Waals surface area contributed by atoms with Crippen LogP contribution in [0.2, 0.25) is 0 Å². The quantitative estimate of drug-likeness (QED) is 0.633. The maximum absolute atomic E-state index is 7.57. The van der Waals surface area contributed by atoms with E-state index in [4.69, 9.17) is 5.11 Å². The second-order valence-corrected chi connectivity index (χ2v) is 6.27. The topological polar surface area (TPSA) is 20.2 Å². The van der Waals surface area contributed by atoms with Crippen LogP contribution >= 0.6 is 21.6 Å². The van der Waals surface area contributed by atoms with Crippen molar-refractivity contribution in [3.8, 4) is 0 Å². The van der Waals surface area contributed by atoms with E-state index >= 15 is 0 Å². The van der Waals surface area contributed by atoms with Crippen molar-refractivity contribution in [1.29, 1.82) is 0 Å². The summed E-state index contributed by atoms with van der Waals surface area (Å²) in [6.07, 6.45) is 0. The highest BCUT2D eigenvalue weighted by Gasteiger charge is 1.94. The fourth-order valence-electron chi connectivity index (χ4n) is 1.37. The van der Waals surface area contributed by atoms with Crippen LogP contribution in [0.25, 0.3) is 0 Å². The highest BCUT2D eigenvalue weighted by atomic mass is 33.1. The summed E-state index contributed by atoms with van der Waals surface area (Å²) in [5.41, 5.74) is 2.79. The molecule has 0 unspecified atom stereocenters. The van der Waals surface area contributed by atoms with E-state index in [1.807, 2.05) is 21.6 Å². The van der Waals surface area contributed by atoms with Gasteiger partial charge in [-0.05, 0) is 18.1 Å². The molecule has 0 fully saturated rings. The van der Waals surface area contributed by atoms with Gasteiger partial charge in [-0.2, -0.15) is 0 Å². The summed E-state index contributed by atoms with van der Waals surface area (Å²) in [5, 5.41) is 7.57. The van der Waals surface area contributed by atoms with Gasteiger partial charge in [-0.25, -0.2) is 0 Å². The lowest BCUT2D eigenvalue weighted by Gasteiger charge is -2.01. The van der Waals surface area contributed by atoms with Crippen LogP contribution in [-0.2, 0) is 11.5 Å². The van der Waals surface area contributed by atoms with E-state index in [1.165, 1.54) is 11.1 Å². The van der Waals surface area contributed by atoms with Crippen molar-refractivity contribution in [2.24, 2.45) is 0 Å². The Balaban J connectivity index is 0.000000550. The number of aliphatic hydroxyl groups is 1. The lowest BCUT2D eigenvalue weighted by Crippen LogP contribution is -1.78. The third-order valence-corrected chi connectivity index (χ3v) is 4.50. The zero-order valence-corrected chi connectivity index (χ0v) is 12.8. The SMILES string of the molecule is CCO.c1ccc(CSSCc2ccccc2)cc1. The van der Waals surface area contributed by atoms with Crippen molar-refractivity contribution >= 4 is 21.6 Å². The van der Waals surface area contributed by atoms with Crippen LogP contribution < -0.4 is 0 Å². The van der Waals surface area contributed by atoms with E-state index in [9.17, 15) is 0 Å². The van der Waals surface area contributed by atoms with Crippen LogP contribution in [0.3, 0.4) is 0 Å². The van der Waals surface area contributed by atoms with Gasteiger partial charge >= 0.3 is 0 Å². The van der Waals surface area contributed by atoms with Gasteiger partial charge in [0.25, 0.3) is 0 Å². The minimum absolute atomic E-state index is 0.250. The first-order valence-corrected chi connectivity index (χ1v) is 8.78. The average Bonchev–Trinajstić information content (AvgIpc) is 2.47. The number of benzene rings is 2. The Kier molecular flexibility index (Phi) is 9.33. The molecule has 0 atom stereocenters. The maximum atomic E-state index is 7.57. The van der Waals surface area contributed by atoms with Gasteiger partial charge in [0, 0.05) is 18.1 Å². The smallest absolute Gasteiger partial charge is 0.0402 e. The van der Waals surface area contributed by atoms with Gasteiger partial charge in [0.15, 0.2) is 0 Å². The molecule has 2 rings (SSSR count). The summed E-state index contributed by atoms with van der Waals surface area (Å²) < 4.78 is 0. The molecule has 0 bridgehead atoms. The molecule has 0 spiro atoms. The Bertz CT molecular complexity index is 376. The molecule has 0 amide bonds. The summed E-state index contributed by atoms with van der Waals surface area (Å²) >= 11 is 0. The number of aliphatic hydroxyl groups excluding tert-OH is 1. The Morgan fingerprint density at radius 3 is 1.37 bits per heavy atom. The van der Waals surface area contributed by atoms with Crippen molar-refractivity contribution in [3.05, 3.63) is 71.8 Å². The molecular weight excluding hydrogens is 272 g/mol. The molecule has 19 heavy (non-hydrogen) atoms. The van der Waals surface area contributed by atoms with Crippen LogP contribution in [-0.4, -0.2) is 11.7 Å². The summed E-state index contributed by atoms with van der Waals surface area (Å²) in [7, 11) is 3.84. The van der Waals surface area contributed by atoms with Gasteiger partial charge in [0.2, 0.25) is 0 Å². The fraction of sp³-hybridized carbons (Fsp3) is 0.250. The standard InChI is InChI=1S/C14H14S2.C2H6O/c1-3-7-13(8-4-1)11-15-16-12-14-9-5-2-6-10-14;1-2-3/h1-10H,11-12H2;3H,2H2,1H3. The molecule has 0 aliphatic carbocycles. The minimum Gasteiger partial charge on any atom is -0.397 e. The van der Waals surface area contributed by atoms with Crippen molar-refractivity contribution in [2.75, 3.05) is 6.61 Å². The Morgan fingerprint density at radius 1 is 0.737 bits per heavy atom. The van der Waals surface area contributed by atoms with Crippen molar-refractivity contribution in [2.45, 2.75) is 18.4 Å². The number of rotatable bonds is 5. The van der Waals surface area contributed by atoms with E-state index in [1.54, 1.807) is 6.92 Å². The van der Waals surface area contributed by atoms with Crippen LogP contribution in [0.5, 0.6) is 0 Å². The van der Waals surface area contributed by atoms with Crippen molar-refractivity contribution in [3.63, 3.8) is 0 Å². The Hall–Kier alpha value is -0.900. The molecule has 3 heteroatoms. The highest BCUT2D eigenvalue weighted by molar-refractivity contribution is 8.76. The lowest BCUT2D eigenvalue weighted by atomic mass is 10.2. The molecule has 1 nitrogen and oxygen atoms in total. The van der Waals surface area contributed by atoms with E-state index in [0.717, 1.165) is 11.5 Å². The normalized spacial score (nSPS) is 9.58. The predicted molar refractivity (Wildman–Crippen MR) is 88.2 cm³/mol. The predicted octanol–water partition coefficient (Wildman–Crippen LogP) is 4.77. The van der Waals surface area contributed by atoms with Crippen LogP contribution in [0.15, 0.2) is 60.7 Å². The molecular formula is C16H20OS2. The molecule has 0 aliphatic rings. The monoisotopic (exact) mass is 292 g/mol. The lowest BCUT2D eigenvalue weighted by molar-refractivity contribution is 0.318. The zero-order valence-electron chi connectivity index (χ0n) is 11.2. The molecule has 0 radical (unpaired) electrons. The van der Waals surface area contributed by atoms with Gasteiger partial charge in [0.1, 0.15) is 0 Å². The first kappa shape index (κ1) is 16.2. The summed E-state index contributed by atoms with van der Waals surface area (Å²) in [6.45, 7) is 1.93. The Morgan fingerprint density at radius 2 is 1.05 bits per heavy atom. The summed E-state index contributed by atoms with van der Waals surface area (Å²) in [5.74, 6) is 2.16. The van der Waals surface area contributed by atoms with Gasteiger partial charge < -0.3 is 5.11 Å². The van der Waals surface area contributed by atoms with Gasteiger partial charge in [0.05, 0.1) is 0 Å². The molecule has 0 aromatic heterocycles. The molecule has 0 aliphatic heterocycles. The Labute approximate surface area is 123 Å². The van der Waals surface area contributed by atoms with Crippen molar-refractivity contribution < 1.29 is 5.11 Å². The summed E-state index contributed by atoms with van der Waals surface area (Å²) in [4.78, 5) is 0. The molecule has 2 aromatic carbocycles. The van der Waals surface area contributed by atoms with Gasteiger partial charge in [-0.3, -0.25) is 0 Å². The molecule has 2 aromatic rings. The largest absolute Gasteiger partial charge is 0.397 e. The van der Waals surface area contributed by atoms with Crippen LogP contribution in [0.4, 0.5) is 0 Å². The second kappa shape index (κ2) is 11.0. The van der Waals surface area contributed by atoms with Gasteiger partial charge in [-0.15, -0.1) is 0 Å².